The van der Waals surface area contributed by atoms with E-state index in [4.69, 9.17) is 4.74 Å². The fourth-order valence-electron chi connectivity index (χ4n) is 3.97. The number of likely N-dealkylation sites (tertiary alicyclic amines) is 1. The van der Waals surface area contributed by atoms with E-state index in [-0.39, 0.29) is 11.8 Å². The Labute approximate surface area is 204 Å². The van der Waals surface area contributed by atoms with Crippen LogP contribution in [0.2, 0.25) is 0 Å². The normalized spacial score (nSPS) is 15.9. The molecule has 172 valence electrons. The maximum Gasteiger partial charge on any atom is 0.252 e. The van der Waals surface area contributed by atoms with E-state index in [1.54, 1.807) is 31.4 Å². The van der Waals surface area contributed by atoms with E-state index in [2.05, 4.69) is 52.0 Å². The third kappa shape index (κ3) is 6.45. The number of carbonyl (C=O) groups excluding carboxylic acids is 2. The van der Waals surface area contributed by atoms with Crippen LogP contribution in [-0.2, 0) is 4.79 Å². The summed E-state index contributed by atoms with van der Waals surface area (Å²) >= 11 is 2.21. The van der Waals surface area contributed by atoms with Crippen molar-refractivity contribution in [1.82, 2.24) is 15.5 Å². The molecule has 1 aliphatic heterocycles. The summed E-state index contributed by atoms with van der Waals surface area (Å²) in [6.45, 7) is 7.20. The highest BCUT2D eigenvalue weighted by molar-refractivity contribution is 14.1. The van der Waals surface area contributed by atoms with Crippen LogP contribution >= 0.6 is 22.6 Å². The fourth-order valence-corrected chi connectivity index (χ4v) is 4.67. The predicted molar refractivity (Wildman–Crippen MR) is 135 cm³/mol. The lowest BCUT2D eigenvalue weighted by Gasteiger charge is -2.34. The number of nitrogens with one attached hydrogen (secondary N) is 2. The number of amides is 2. The number of hydrogen-bond acceptors (Lipinski definition) is 4. The highest BCUT2D eigenvalue weighted by Crippen LogP contribution is 2.22. The highest BCUT2D eigenvalue weighted by Gasteiger charge is 2.27. The molecule has 2 aromatic rings. The first-order valence-corrected chi connectivity index (χ1v) is 12.2. The van der Waals surface area contributed by atoms with Gasteiger partial charge in [-0.2, -0.15) is 0 Å². The Morgan fingerprint density at radius 3 is 2.34 bits per heavy atom. The maximum atomic E-state index is 13.2. The summed E-state index contributed by atoms with van der Waals surface area (Å²) < 4.78 is 6.10. The zero-order valence-corrected chi connectivity index (χ0v) is 21.1. The number of rotatable bonds is 8. The SMILES string of the molecule is COc1ccc(C(=O)NC(C(=O)NCC2CCN(C(C)C)CC2)c2ccccc2I)cc1. The maximum absolute atomic E-state index is 13.2. The molecule has 1 fully saturated rings. The minimum Gasteiger partial charge on any atom is -0.497 e. The molecular formula is C25H32IN3O3. The van der Waals surface area contributed by atoms with E-state index in [9.17, 15) is 9.59 Å². The van der Waals surface area contributed by atoms with Gasteiger partial charge in [0, 0.05) is 21.7 Å². The molecule has 2 N–H and O–H groups in total. The average Bonchev–Trinajstić information content (AvgIpc) is 2.81. The average molecular weight is 549 g/mol. The van der Waals surface area contributed by atoms with Crippen molar-refractivity contribution >= 4 is 34.4 Å². The molecule has 1 unspecified atom stereocenters. The quantitative estimate of drug-likeness (QED) is 0.489. The monoisotopic (exact) mass is 549 g/mol. The molecule has 0 aromatic heterocycles. The van der Waals surface area contributed by atoms with Crippen molar-refractivity contribution in [2.75, 3.05) is 26.7 Å². The molecule has 1 atom stereocenters. The lowest BCUT2D eigenvalue weighted by Crippen LogP contribution is -2.45. The first kappa shape index (κ1) is 24.5. The first-order valence-electron chi connectivity index (χ1n) is 11.1. The number of carbonyl (C=O) groups is 2. The Morgan fingerprint density at radius 2 is 1.75 bits per heavy atom. The second-order valence-electron chi connectivity index (χ2n) is 8.47. The van der Waals surface area contributed by atoms with Gasteiger partial charge in [-0.15, -0.1) is 0 Å². The minimum absolute atomic E-state index is 0.178. The van der Waals surface area contributed by atoms with Gasteiger partial charge in [-0.25, -0.2) is 0 Å². The number of benzene rings is 2. The molecule has 2 aromatic carbocycles. The smallest absolute Gasteiger partial charge is 0.252 e. The highest BCUT2D eigenvalue weighted by atomic mass is 127. The van der Waals surface area contributed by atoms with Crippen LogP contribution in [0.25, 0.3) is 0 Å². The summed E-state index contributed by atoms with van der Waals surface area (Å²) in [7, 11) is 1.58. The molecule has 1 saturated heterocycles. The molecule has 0 bridgehead atoms. The van der Waals surface area contributed by atoms with Crippen LogP contribution in [0, 0.1) is 9.49 Å². The van der Waals surface area contributed by atoms with Gasteiger partial charge in [-0.05, 0) is 104 Å². The van der Waals surface area contributed by atoms with Gasteiger partial charge in [-0.1, -0.05) is 18.2 Å². The van der Waals surface area contributed by atoms with Gasteiger partial charge in [0.2, 0.25) is 5.91 Å². The predicted octanol–water partition coefficient (Wildman–Crippen LogP) is 4.01. The summed E-state index contributed by atoms with van der Waals surface area (Å²) in [6, 6.07) is 14.3. The van der Waals surface area contributed by atoms with Gasteiger partial charge < -0.3 is 20.3 Å². The van der Waals surface area contributed by atoms with Gasteiger partial charge in [0.05, 0.1) is 7.11 Å². The zero-order chi connectivity index (χ0) is 23.1. The summed E-state index contributed by atoms with van der Waals surface area (Å²) in [4.78, 5) is 28.6. The fraction of sp³-hybridized carbons (Fsp3) is 0.440. The summed E-state index contributed by atoms with van der Waals surface area (Å²) in [5.41, 5.74) is 1.28. The standard InChI is InChI=1S/C25H32IN3O3/c1-17(2)29-14-12-18(13-15-29)16-27-25(31)23(21-6-4-5-7-22(21)26)28-24(30)19-8-10-20(32-3)11-9-19/h4-11,17-18,23H,12-16H2,1-3H3,(H,27,31)(H,28,30). The van der Waals surface area contributed by atoms with E-state index in [0.717, 1.165) is 35.1 Å². The van der Waals surface area contributed by atoms with Crippen molar-refractivity contribution in [3.05, 3.63) is 63.2 Å². The van der Waals surface area contributed by atoms with E-state index in [1.165, 1.54) is 0 Å². The van der Waals surface area contributed by atoms with E-state index in [0.29, 0.717) is 29.8 Å². The van der Waals surface area contributed by atoms with Crippen molar-refractivity contribution < 1.29 is 14.3 Å². The van der Waals surface area contributed by atoms with Crippen LogP contribution in [0.1, 0.15) is 48.7 Å². The van der Waals surface area contributed by atoms with Crippen LogP contribution < -0.4 is 15.4 Å². The molecule has 32 heavy (non-hydrogen) atoms. The summed E-state index contributed by atoms with van der Waals surface area (Å²) in [5.74, 6) is 0.665. The number of piperidine rings is 1. The Kier molecular flexibility index (Phi) is 8.92. The van der Waals surface area contributed by atoms with Gasteiger partial charge in [-0.3, -0.25) is 9.59 Å². The lowest BCUT2D eigenvalue weighted by molar-refractivity contribution is -0.123. The van der Waals surface area contributed by atoms with Crippen molar-refractivity contribution in [1.29, 1.82) is 0 Å². The number of methoxy groups -OCH3 is 1. The van der Waals surface area contributed by atoms with Crippen molar-refractivity contribution in [2.45, 2.75) is 38.8 Å². The molecule has 0 saturated carbocycles. The number of nitrogens with zero attached hydrogens (tertiary/aromatic N) is 1. The Balaban J connectivity index is 1.68. The van der Waals surface area contributed by atoms with E-state index >= 15 is 0 Å². The summed E-state index contributed by atoms with van der Waals surface area (Å²) in [5, 5.41) is 6.03. The van der Waals surface area contributed by atoms with Crippen LogP contribution in [0.4, 0.5) is 0 Å². The Morgan fingerprint density at radius 1 is 1.09 bits per heavy atom. The van der Waals surface area contributed by atoms with E-state index in [1.807, 2.05) is 24.3 Å². The van der Waals surface area contributed by atoms with Crippen LogP contribution in [0.3, 0.4) is 0 Å². The number of hydrogen-bond donors (Lipinski definition) is 2. The lowest BCUT2D eigenvalue weighted by atomic mass is 9.95. The Bertz CT molecular complexity index is 909. The first-order chi connectivity index (χ1) is 15.4. The molecule has 1 aliphatic rings. The van der Waals surface area contributed by atoms with Crippen molar-refractivity contribution in [3.63, 3.8) is 0 Å². The molecular weight excluding hydrogens is 517 g/mol. The molecule has 6 nitrogen and oxygen atoms in total. The van der Waals surface area contributed by atoms with Crippen molar-refractivity contribution in [3.8, 4) is 5.75 Å². The molecule has 1 heterocycles. The zero-order valence-electron chi connectivity index (χ0n) is 18.9. The molecule has 0 radical (unpaired) electrons. The Hall–Kier alpha value is -2.13. The molecule has 3 rings (SSSR count). The topological polar surface area (TPSA) is 70.7 Å². The van der Waals surface area contributed by atoms with Gasteiger partial charge in [0.15, 0.2) is 0 Å². The number of ether oxygens (including phenoxy) is 1. The van der Waals surface area contributed by atoms with Gasteiger partial charge >= 0.3 is 0 Å². The molecule has 0 aliphatic carbocycles. The molecule has 0 spiro atoms. The van der Waals surface area contributed by atoms with Crippen LogP contribution in [-0.4, -0.2) is 49.5 Å². The van der Waals surface area contributed by atoms with Crippen LogP contribution in [0.15, 0.2) is 48.5 Å². The van der Waals surface area contributed by atoms with Gasteiger partial charge in [0.25, 0.3) is 5.91 Å². The second kappa shape index (κ2) is 11.7. The largest absolute Gasteiger partial charge is 0.497 e. The third-order valence-corrected chi connectivity index (χ3v) is 7.03. The summed E-state index contributed by atoms with van der Waals surface area (Å²) in [6.07, 6.45) is 2.15. The third-order valence-electron chi connectivity index (χ3n) is 6.05. The van der Waals surface area contributed by atoms with E-state index < -0.39 is 6.04 Å². The van der Waals surface area contributed by atoms with Crippen LogP contribution in [0.5, 0.6) is 5.75 Å². The van der Waals surface area contributed by atoms with Crippen molar-refractivity contribution in [2.24, 2.45) is 5.92 Å². The second-order valence-corrected chi connectivity index (χ2v) is 9.64. The number of halogens is 1. The molecule has 2 amide bonds. The minimum atomic E-state index is -0.756. The van der Waals surface area contributed by atoms with Gasteiger partial charge in [0.1, 0.15) is 11.8 Å². The molecule has 7 heteroatoms.